The van der Waals surface area contributed by atoms with E-state index in [0.29, 0.717) is 6.42 Å². The summed E-state index contributed by atoms with van der Waals surface area (Å²) >= 11 is 0. The van der Waals surface area contributed by atoms with Gasteiger partial charge in [0.15, 0.2) is 5.78 Å². The molecule has 0 aromatic carbocycles. The van der Waals surface area contributed by atoms with Gasteiger partial charge in [-0.3, -0.25) is 13.8 Å². The van der Waals surface area contributed by atoms with Crippen LogP contribution in [0.2, 0.25) is 0 Å². The van der Waals surface area contributed by atoms with Gasteiger partial charge in [-0.1, -0.05) is 70.4 Å². The zero-order chi connectivity index (χ0) is 24.1. The quantitative estimate of drug-likeness (QED) is 0.0960. The molecular formula is C23H46NO7P. The minimum absolute atomic E-state index is 0.222. The van der Waals surface area contributed by atoms with E-state index < -0.39 is 33.2 Å². The van der Waals surface area contributed by atoms with Crippen LogP contribution in [-0.4, -0.2) is 52.9 Å². The summed E-state index contributed by atoms with van der Waals surface area (Å²) in [5.41, 5.74) is 5.49. The minimum atomic E-state index is -4.54. The van der Waals surface area contributed by atoms with Crippen molar-refractivity contribution in [1.29, 1.82) is 0 Å². The van der Waals surface area contributed by atoms with Crippen LogP contribution in [0.1, 0.15) is 96.8 Å². The largest absolute Gasteiger partial charge is 0.473 e. The first-order chi connectivity index (χ1) is 15.4. The lowest BCUT2D eigenvalue weighted by Gasteiger charge is -2.19. The topological polar surface area (TPSA) is 139 Å². The van der Waals surface area contributed by atoms with Crippen LogP contribution < -0.4 is 5.73 Å². The number of Topliss-reactive ketones (excluding diaryl/α,β-unsaturated/α-hetero) is 1. The number of hydrogen-bond donors (Lipinski definition) is 4. The van der Waals surface area contributed by atoms with Gasteiger partial charge in [-0.2, -0.15) is 0 Å². The Morgan fingerprint density at radius 2 is 1.50 bits per heavy atom. The lowest BCUT2D eigenvalue weighted by Crippen LogP contribution is -2.32. The van der Waals surface area contributed by atoms with E-state index in [2.05, 4.69) is 23.6 Å². The third-order valence-corrected chi connectivity index (χ3v) is 6.16. The second-order valence-corrected chi connectivity index (χ2v) is 9.64. The Morgan fingerprint density at radius 1 is 0.969 bits per heavy atom. The van der Waals surface area contributed by atoms with Gasteiger partial charge < -0.3 is 20.8 Å². The standard InChI is InChI=1S/C23H46NO7P/c1-2-3-4-5-6-7-8-9-10-11-12-13-14-15-16-17-22(27)23(18-24)31-32(28,29)30-20-21(26)19-25/h9-10,21,23,25-26H,2-8,11-20,24H2,1H3,(H,28,29)/b10-9+. The summed E-state index contributed by atoms with van der Waals surface area (Å²) in [6.07, 6.45) is 17.3. The van der Waals surface area contributed by atoms with Crippen LogP contribution in [0.3, 0.4) is 0 Å². The van der Waals surface area contributed by atoms with Gasteiger partial charge in [0, 0.05) is 13.0 Å². The SMILES string of the molecule is CCCCCCCC/C=C/CCCCCCCC(=O)C(CN)OP(=O)(O)OCC(O)CO. The molecule has 190 valence electrons. The van der Waals surface area contributed by atoms with Gasteiger partial charge in [-0.15, -0.1) is 0 Å². The molecule has 3 atom stereocenters. The summed E-state index contributed by atoms with van der Waals surface area (Å²) in [4.78, 5) is 21.8. The summed E-state index contributed by atoms with van der Waals surface area (Å²) in [7, 11) is -4.54. The lowest BCUT2D eigenvalue weighted by molar-refractivity contribution is -0.126. The van der Waals surface area contributed by atoms with Crippen molar-refractivity contribution in [2.24, 2.45) is 5.73 Å². The maximum absolute atomic E-state index is 12.2. The number of allylic oxidation sites excluding steroid dienone is 2. The Labute approximate surface area is 194 Å². The third-order valence-electron chi connectivity index (χ3n) is 5.16. The van der Waals surface area contributed by atoms with Gasteiger partial charge in [0.05, 0.1) is 13.2 Å². The lowest BCUT2D eigenvalue weighted by atomic mass is 10.0. The van der Waals surface area contributed by atoms with Crippen LogP contribution in [0.5, 0.6) is 0 Å². The van der Waals surface area contributed by atoms with E-state index in [1.165, 1.54) is 44.9 Å². The highest BCUT2D eigenvalue weighted by molar-refractivity contribution is 7.47. The highest BCUT2D eigenvalue weighted by atomic mass is 31.2. The molecule has 0 radical (unpaired) electrons. The smallest absolute Gasteiger partial charge is 0.394 e. The van der Waals surface area contributed by atoms with Crippen molar-refractivity contribution in [2.45, 2.75) is 109 Å². The number of hydrogen-bond acceptors (Lipinski definition) is 7. The molecule has 0 aliphatic carbocycles. The number of carbonyl (C=O) groups is 1. The molecule has 0 saturated carbocycles. The Kier molecular flexibility index (Phi) is 20.6. The number of aliphatic hydroxyl groups excluding tert-OH is 2. The van der Waals surface area contributed by atoms with E-state index in [1.54, 1.807) is 0 Å². The van der Waals surface area contributed by atoms with Crippen molar-refractivity contribution in [3.05, 3.63) is 12.2 Å². The Balaban J connectivity index is 3.77. The molecule has 0 heterocycles. The van der Waals surface area contributed by atoms with Crippen molar-refractivity contribution in [3.8, 4) is 0 Å². The van der Waals surface area contributed by atoms with Crippen LogP contribution in [0.15, 0.2) is 12.2 Å². The molecule has 3 unspecified atom stereocenters. The summed E-state index contributed by atoms with van der Waals surface area (Å²) in [6.45, 7) is 0.805. The highest BCUT2D eigenvalue weighted by Crippen LogP contribution is 2.44. The van der Waals surface area contributed by atoms with Crippen molar-refractivity contribution in [1.82, 2.24) is 0 Å². The normalized spacial score (nSPS) is 15.7. The number of phosphoric acid groups is 1. The molecule has 0 bridgehead atoms. The van der Waals surface area contributed by atoms with Crippen molar-refractivity contribution in [2.75, 3.05) is 19.8 Å². The Morgan fingerprint density at radius 3 is 2.03 bits per heavy atom. The third kappa shape index (κ3) is 18.9. The molecule has 0 fully saturated rings. The first-order valence-corrected chi connectivity index (χ1v) is 13.7. The van der Waals surface area contributed by atoms with E-state index in [9.17, 15) is 14.3 Å². The van der Waals surface area contributed by atoms with E-state index in [0.717, 1.165) is 32.1 Å². The molecule has 0 aromatic rings. The van der Waals surface area contributed by atoms with Gasteiger partial charge in [-0.05, 0) is 32.1 Å². The van der Waals surface area contributed by atoms with Crippen molar-refractivity contribution >= 4 is 13.6 Å². The van der Waals surface area contributed by atoms with Gasteiger partial charge in [-0.25, -0.2) is 4.57 Å². The molecule has 0 spiro atoms. The van der Waals surface area contributed by atoms with Crippen LogP contribution in [0.4, 0.5) is 0 Å². The summed E-state index contributed by atoms with van der Waals surface area (Å²) < 4.78 is 21.2. The Hall–Kier alpha value is -0.600. The maximum Gasteiger partial charge on any atom is 0.473 e. The van der Waals surface area contributed by atoms with Crippen LogP contribution in [0, 0.1) is 0 Å². The molecule has 0 aliphatic rings. The molecule has 8 nitrogen and oxygen atoms in total. The molecule has 32 heavy (non-hydrogen) atoms. The van der Waals surface area contributed by atoms with E-state index in [4.69, 9.17) is 20.5 Å². The van der Waals surface area contributed by atoms with E-state index in [1.807, 2.05) is 0 Å². The average Bonchev–Trinajstić information content (AvgIpc) is 2.78. The highest BCUT2D eigenvalue weighted by Gasteiger charge is 2.30. The van der Waals surface area contributed by atoms with Crippen LogP contribution in [0.25, 0.3) is 0 Å². The molecule has 0 saturated heterocycles. The Bertz CT molecular complexity index is 530. The zero-order valence-corrected chi connectivity index (χ0v) is 20.7. The van der Waals surface area contributed by atoms with Crippen molar-refractivity contribution in [3.63, 3.8) is 0 Å². The van der Waals surface area contributed by atoms with Crippen LogP contribution >= 0.6 is 7.82 Å². The molecule has 0 aromatic heterocycles. The fourth-order valence-corrected chi connectivity index (χ4v) is 4.13. The number of rotatable bonds is 23. The van der Waals surface area contributed by atoms with Crippen molar-refractivity contribution < 1.29 is 33.5 Å². The first kappa shape index (κ1) is 31.4. The number of nitrogens with two attached hydrogens (primary N) is 1. The van der Waals surface area contributed by atoms with E-state index in [-0.39, 0.29) is 18.7 Å². The monoisotopic (exact) mass is 479 g/mol. The zero-order valence-electron chi connectivity index (χ0n) is 19.8. The van der Waals surface area contributed by atoms with Gasteiger partial charge in [0.2, 0.25) is 0 Å². The van der Waals surface area contributed by atoms with Crippen LogP contribution in [-0.2, 0) is 18.4 Å². The molecule has 5 N–H and O–H groups in total. The second kappa shape index (κ2) is 21.0. The van der Waals surface area contributed by atoms with Gasteiger partial charge in [0.1, 0.15) is 12.2 Å². The first-order valence-electron chi connectivity index (χ1n) is 12.2. The molecule has 0 aliphatic heterocycles. The number of carbonyl (C=O) groups excluding carboxylic acids is 1. The molecule has 9 heteroatoms. The second-order valence-electron chi connectivity index (χ2n) is 8.23. The number of phosphoric ester groups is 1. The molecular weight excluding hydrogens is 433 g/mol. The predicted octanol–water partition coefficient (Wildman–Crippen LogP) is 4.41. The minimum Gasteiger partial charge on any atom is -0.394 e. The number of aliphatic hydroxyl groups is 2. The maximum atomic E-state index is 12.2. The fraction of sp³-hybridized carbons (Fsp3) is 0.870. The van der Waals surface area contributed by atoms with Gasteiger partial charge in [0.25, 0.3) is 0 Å². The number of unbranched alkanes of at least 4 members (excludes halogenated alkanes) is 11. The molecule has 0 rings (SSSR count). The average molecular weight is 480 g/mol. The summed E-state index contributed by atoms with van der Waals surface area (Å²) in [6, 6.07) is 0. The van der Waals surface area contributed by atoms with Gasteiger partial charge >= 0.3 is 7.82 Å². The molecule has 0 amide bonds. The van der Waals surface area contributed by atoms with E-state index >= 15 is 0 Å². The fourth-order valence-electron chi connectivity index (χ4n) is 3.19. The predicted molar refractivity (Wildman–Crippen MR) is 127 cm³/mol. The summed E-state index contributed by atoms with van der Waals surface area (Å²) in [5, 5.41) is 17.9. The summed E-state index contributed by atoms with van der Waals surface area (Å²) in [5.74, 6) is -0.342. The number of ketones is 1.